The van der Waals surface area contributed by atoms with Gasteiger partial charge in [-0.05, 0) is 23.6 Å². The topological polar surface area (TPSA) is 58.9 Å². The van der Waals surface area contributed by atoms with Crippen LogP contribution >= 0.6 is 0 Å². The van der Waals surface area contributed by atoms with E-state index in [-0.39, 0.29) is 13.0 Å². The monoisotopic (exact) mass is 372 g/mol. The Hall–Kier alpha value is -2.77. The number of aryl methyl sites for hydroxylation is 2. The third-order valence-electron chi connectivity index (χ3n) is 5.01. The first kappa shape index (κ1) is 17.6. The summed E-state index contributed by atoms with van der Waals surface area (Å²) in [5.74, 6) is -1.23. The zero-order valence-electron chi connectivity index (χ0n) is 15.4. The molecule has 3 aromatic rings. The lowest BCUT2D eigenvalue weighted by molar-refractivity contribution is 0.0256. The van der Waals surface area contributed by atoms with Crippen molar-refractivity contribution < 1.29 is 8.78 Å². The maximum atomic E-state index is 13.5. The molecule has 0 spiro atoms. The molecule has 1 fully saturated rings. The van der Waals surface area contributed by atoms with E-state index in [4.69, 9.17) is 0 Å². The van der Waals surface area contributed by atoms with Crippen molar-refractivity contribution in [2.75, 3.05) is 23.3 Å². The molecule has 1 aliphatic heterocycles. The van der Waals surface area contributed by atoms with E-state index in [1.54, 1.807) is 23.6 Å². The van der Waals surface area contributed by atoms with Crippen LogP contribution in [0.15, 0.2) is 30.9 Å². The number of nitrogens with one attached hydrogen (secondary N) is 1. The Bertz CT molecular complexity index is 968. The SMILES string of the molecule is CCc1cc(N2CCC(F)(F)C2)ncc1CNc1cc2c(cn1)ncn2C. The number of imidazole rings is 1. The second-order valence-electron chi connectivity index (χ2n) is 6.96. The Morgan fingerprint density at radius 1 is 1.15 bits per heavy atom. The fraction of sp³-hybridized carbons (Fsp3) is 0.421. The van der Waals surface area contributed by atoms with Gasteiger partial charge in [-0.3, -0.25) is 0 Å². The summed E-state index contributed by atoms with van der Waals surface area (Å²) in [4.78, 5) is 14.7. The van der Waals surface area contributed by atoms with Gasteiger partial charge >= 0.3 is 0 Å². The number of fused-ring (bicyclic) bond motifs is 1. The van der Waals surface area contributed by atoms with Crippen LogP contribution in [-0.2, 0) is 20.0 Å². The molecule has 1 N–H and O–H groups in total. The molecule has 0 aliphatic carbocycles. The van der Waals surface area contributed by atoms with Gasteiger partial charge in [0.15, 0.2) is 0 Å². The summed E-state index contributed by atoms with van der Waals surface area (Å²) >= 11 is 0. The van der Waals surface area contributed by atoms with Gasteiger partial charge in [-0.2, -0.15) is 0 Å². The third-order valence-corrected chi connectivity index (χ3v) is 5.01. The van der Waals surface area contributed by atoms with Crippen LogP contribution in [0.1, 0.15) is 24.5 Å². The van der Waals surface area contributed by atoms with Gasteiger partial charge in [-0.15, -0.1) is 0 Å². The van der Waals surface area contributed by atoms with Gasteiger partial charge in [0, 0.05) is 38.8 Å². The smallest absolute Gasteiger partial charge is 0.266 e. The highest BCUT2D eigenvalue weighted by atomic mass is 19.3. The van der Waals surface area contributed by atoms with Gasteiger partial charge in [0.1, 0.15) is 17.2 Å². The van der Waals surface area contributed by atoms with Crippen molar-refractivity contribution in [3.8, 4) is 0 Å². The predicted molar refractivity (Wildman–Crippen MR) is 101 cm³/mol. The van der Waals surface area contributed by atoms with Gasteiger partial charge in [-0.1, -0.05) is 6.92 Å². The quantitative estimate of drug-likeness (QED) is 0.744. The molecule has 27 heavy (non-hydrogen) atoms. The molecule has 6 nitrogen and oxygen atoms in total. The molecule has 4 rings (SSSR count). The van der Waals surface area contributed by atoms with Crippen molar-refractivity contribution in [1.82, 2.24) is 19.5 Å². The first-order valence-electron chi connectivity index (χ1n) is 9.07. The fourth-order valence-electron chi connectivity index (χ4n) is 3.42. The largest absolute Gasteiger partial charge is 0.366 e. The Balaban J connectivity index is 1.50. The molecule has 0 aromatic carbocycles. The fourth-order valence-corrected chi connectivity index (χ4v) is 3.42. The molecule has 4 heterocycles. The van der Waals surface area contributed by atoms with Gasteiger partial charge in [-0.25, -0.2) is 23.7 Å². The number of alkyl halides is 2. The summed E-state index contributed by atoms with van der Waals surface area (Å²) in [6.07, 6.45) is 5.98. The van der Waals surface area contributed by atoms with Gasteiger partial charge in [0.05, 0.1) is 24.6 Å². The Morgan fingerprint density at radius 2 is 2.00 bits per heavy atom. The summed E-state index contributed by atoms with van der Waals surface area (Å²) in [7, 11) is 1.94. The molecular formula is C19H22F2N6. The summed E-state index contributed by atoms with van der Waals surface area (Å²) < 4.78 is 28.9. The minimum absolute atomic E-state index is 0.110. The maximum Gasteiger partial charge on any atom is 0.266 e. The molecule has 0 unspecified atom stereocenters. The highest BCUT2D eigenvalue weighted by Crippen LogP contribution is 2.30. The van der Waals surface area contributed by atoms with E-state index < -0.39 is 5.92 Å². The maximum absolute atomic E-state index is 13.5. The first-order chi connectivity index (χ1) is 12.9. The molecule has 0 saturated carbocycles. The molecular weight excluding hydrogens is 350 g/mol. The van der Waals surface area contributed by atoms with E-state index in [2.05, 4.69) is 27.2 Å². The van der Waals surface area contributed by atoms with E-state index in [9.17, 15) is 8.78 Å². The summed E-state index contributed by atoms with van der Waals surface area (Å²) in [6, 6.07) is 3.89. The van der Waals surface area contributed by atoms with Crippen LogP contribution in [0.4, 0.5) is 20.4 Å². The number of hydrogen-bond donors (Lipinski definition) is 1. The van der Waals surface area contributed by atoms with Crippen LogP contribution in [0.3, 0.4) is 0 Å². The lowest BCUT2D eigenvalue weighted by Gasteiger charge is -2.19. The molecule has 1 aliphatic rings. The molecule has 0 radical (unpaired) electrons. The number of aromatic nitrogens is 4. The van der Waals surface area contributed by atoms with Crippen molar-refractivity contribution in [2.45, 2.75) is 32.2 Å². The van der Waals surface area contributed by atoms with Crippen LogP contribution in [0.2, 0.25) is 0 Å². The van der Waals surface area contributed by atoms with Crippen LogP contribution in [0.25, 0.3) is 11.0 Å². The predicted octanol–water partition coefficient (Wildman–Crippen LogP) is 3.38. The van der Waals surface area contributed by atoms with Gasteiger partial charge in [0.25, 0.3) is 5.92 Å². The Morgan fingerprint density at radius 3 is 2.74 bits per heavy atom. The zero-order valence-corrected chi connectivity index (χ0v) is 15.4. The standard InChI is InChI=1S/C19H22F2N6/c1-3-13-6-18(27-5-4-19(20,21)11-27)24-9-14(13)8-22-17-7-16-15(10-23-17)25-12-26(16)2/h6-7,9-10,12H,3-5,8,11H2,1-2H3,(H,22,23). The van der Waals surface area contributed by atoms with Crippen LogP contribution in [0.5, 0.6) is 0 Å². The van der Waals surface area contributed by atoms with E-state index >= 15 is 0 Å². The first-order valence-corrected chi connectivity index (χ1v) is 9.07. The van der Waals surface area contributed by atoms with Crippen molar-refractivity contribution in [2.24, 2.45) is 7.05 Å². The van der Waals surface area contributed by atoms with E-state index in [0.29, 0.717) is 18.9 Å². The molecule has 0 atom stereocenters. The van der Waals surface area contributed by atoms with Crippen LogP contribution in [-0.4, -0.2) is 38.5 Å². The lowest BCUT2D eigenvalue weighted by atomic mass is 10.1. The number of rotatable bonds is 5. The number of halogens is 2. The molecule has 3 aromatic heterocycles. The number of nitrogens with zero attached hydrogens (tertiary/aromatic N) is 5. The Kier molecular flexibility index (Phi) is 4.41. The number of hydrogen-bond acceptors (Lipinski definition) is 5. The van der Waals surface area contributed by atoms with Gasteiger partial charge < -0.3 is 14.8 Å². The molecule has 142 valence electrons. The summed E-state index contributed by atoms with van der Waals surface area (Å²) in [6.45, 7) is 2.72. The van der Waals surface area contributed by atoms with Crippen molar-refractivity contribution in [3.63, 3.8) is 0 Å². The van der Waals surface area contributed by atoms with Crippen molar-refractivity contribution in [3.05, 3.63) is 42.0 Å². The third kappa shape index (κ3) is 3.56. The second kappa shape index (κ2) is 6.75. The van der Waals surface area contributed by atoms with E-state index in [1.165, 1.54) is 0 Å². The minimum Gasteiger partial charge on any atom is -0.366 e. The van der Waals surface area contributed by atoms with Crippen molar-refractivity contribution in [1.29, 1.82) is 0 Å². The molecule has 0 amide bonds. The highest BCUT2D eigenvalue weighted by Gasteiger charge is 2.38. The summed E-state index contributed by atoms with van der Waals surface area (Å²) in [5, 5.41) is 3.32. The second-order valence-corrected chi connectivity index (χ2v) is 6.96. The molecule has 1 saturated heterocycles. The average molecular weight is 372 g/mol. The highest BCUT2D eigenvalue weighted by molar-refractivity contribution is 5.77. The zero-order chi connectivity index (χ0) is 19.0. The van der Waals surface area contributed by atoms with E-state index in [0.717, 1.165) is 34.4 Å². The minimum atomic E-state index is -2.62. The normalized spacial score (nSPS) is 16.2. The molecule has 0 bridgehead atoms. The Labute approximate surface area is 156 Å². The average Bonchev–Trinajstić information content (AvgIpc) is 3.22. The lowest BCUT2D eigenvalue weighted by Crippen LogP contribution is -2.25. The molecule has 8 heteroatoms. The van der Waals surface area contributed by atoms with Crippen LogP contribution < -0.4 is 10.2 Å². The summed E-state index contributed by atoms with van der Waals surface area (Å²) in [5.41, 5.74) is 4.00. The number of anilines is 2. The van der Waals surface area contributed by atoms with E-state index in [1.807, 2.05) is 23.7 Å². The number of pyridine rings is 2. The van der Waals surface area contributed by atoms with Crippen molar-refractivity contribution >= 4 is 22.7 Å². The van der Waals surface area contributed by atoms with Crippen LogP contribution in [0, 0.1) is 0 Å². The van der Waals surface area contributed by atoms with Gasteiger partial charge in [0.2, 0.25) is 0 Å².